The molecule has 7 heteroatoms. The fourth-order valence-electron chi connectivity index (χ4n) is 4.57. The standard InChI is InChI=1S/C27H38N2O4.H2S/c1-2-3-4-5-6-10-17-30-26-28-18-23(19-29-26)22-11-13-24(14-12-22)31-20-25-21-32-27(33-25)15-8-7-9-16-27;/h11-14,18-19,25H,2-10,15-17,20-21H2,1H3;1H2. The molecule has 2 heterocycles. The third-order valence-electron chi connectivity index (χ3n) is 6.51. The van der Waals surface area contributed by atoms with Crippen molar-refractivity contribution in [2.75, 3.05) is 19.8 Å². The fourth-order valence-corrected chi connectivity index (χ4v) is 4.57. The van der Waals surface area contributed by atoms with Crippen LogP contribution in [0.1, 0.15) is 77.6 Å². The molecule has 0 amide bonds. The molecule has 0 bridgehead atoms. The lowest BCUT2D eigenvalue weighted by atomic mass is 9.94. The van der Waals surface area contributed by atoms with Crippen LogP contribution >= 0.6 is 13.5 Å². The zero-order chi connectivity index (χ0) is 22.8. The van der Waals surface area contributed by atoms with Gasteiger partial charge in [0.25, 0.3) is 0 Å². The number of ether oxygens (including phenoxy) is 4. The molecule has 1 unspecified atom stereocenters. The van der Waals surface area contributed by atoms with Gasteiger partial charge in [-0.1, -0.05) is 57.6 Å². The van der Waals surface area contributed by atoms with E-state index < -0.39 is 0 Å². The molecule has 1 atom stereocenters. The van der Waals surface area contributed by atoms with Gasteiger partial charge in [-0.25, -0.2) is 9.97 Å². The van der Waals surface area contributed by atoms with E-state index in [9.17, 15) is 0 Å². The number of unbranched alkanes of at least 4 members (excludes halogenated alkanes) is 5. The number of benzene rings is 1. The molecule has 188 valence electrons. The Bertz CT molecular complexity index is 826. The molecule has 2 fully saturated rings. The van der Waals surface area contributed by atoms with Crippen LogP contribution in [0.4, 0.5) is 0 Å². The lowest BCUT2D eigenvalue weighted by Crippen LogP contribution is -2.34. The maximum Gasteiger partial charge on any atom is 0.316 e. The minimum Gasteiger partial charge on any atom is -0.491 e. The fraction of sp³-hybridized carbons (Fsp3) is 0.630. The summed E-state index contributed by atoms with van der Waals surface area (Å²) in [4.78, 5) is 8.72. The van der Waals surface area contributed by atoms with Gasteiger partial charge in [-0.05, 0) is 37.0 Å². The highest BCUT2D eigenvalue weighted by molar-refractivity contribution is 7.59. The molecule has 1 aliphatic heterocycles. The molecule has 1 aromatic carbocycles. The second-order valence-corrected chi connectivity index (χ2v) is 9.23. The predicted molar refractivity (Wildman–Crippen MR) is 139 cm³/mol. The topological polar surface area (TPSA) is 62.7 Å². The van der Waals surface area contributed by atoms with Crippen LogP contribution in [0.15, 0.2) is 36.7 Å². The van der Waals surface area contributed by atoms with Crippen molar-refractivity contribution in [3.05, 3.63) is 36.7 Å². The van der Waals surface area contributed by atoms with Gasteiger partial charge in [0.2, 0.25) is 0 Å². The van der Waals surface area contributed by atoms with Crippen LogP contribution < -0.4 is 9.47 Å². The molecule has 0 N–H and O–H groups in total. The van der Waals surface area contributed by atoms with Gasteiger partial charge in [0.05, 0.1) is 13.2 Å². The molecule has 2 aliphatic rings. The average Bonchev–Trinajstić information content (AvgIpc) is 3.25. The third-order valence-corrected chi connectivity index (χ3v) is 6.51. The minimum atomic E-state index is -0.347. The molecule has 0 radical (unpaired) electrons. The van der Waals surface area contributed by atoms with E-state index in [-0.39, 0.29) is 25.4 Å². The Kier molecular flexibility index (Phi) is 10.9. The van der Waals surface area contributed by atoms with Crippen LogP contribution in [-0.4, -0.2) is 41.7 Å². The smallest absolute Gasteiger partial charge is 0.316 e. The van der Waals surface area contributed by atoms with E-state index in [0.717, 1.165) is 36.1 Å². The van der Waals surface area contributed by atoms with E-state index in [1.165, 1.54) is 51.4 Å². The van der Waals surface area contributed by atoms with Crippen molar-refractivity contribution >= 4 is 13.5 Å². The van der Waals surface area contributed by atoms with E-state index in [1.807, 2.05) is 36.7 Å². The summed E-state index contributed by atoms with van der Waals surface area (Å²) in [6, 6.07) is 8.45. The summed E-state index contributed by atoms with van der Waals surface area (Å²) in [6.45, 7) is 4.03. The van der Waals surface area contributed by atoms with Gasteiger partial charge in [0, 0.05) is 30.8 Å². The van der Waals surface area contributed by atoms with Crippen molar-refractivity contribution < 1.29 is 18.9 Å². The molecule has 1 spiro atoms. The van der Waals surface area contributed by atoms with Gasteiger partial charge >= 0.3 is 6.01 Å². The molecule has 1 aliphatic carbocycles. The Morgan fingerprint density at radius 2 is 1.59 bits per heavy atom. The first kappa shape index (κ1) is 26.8. The predicted octanol–water partition coefficient (Wildman–Crippen LogP) is 6.45. The summed E-state index contributed by atoms with van der Waals surface area (Å²) < 4.78 is 23.8. The van der Waals surface area contributed by atoms with Crippen molar-refractivity contribution in [3.8, 4) is 22.9 Å². The van der Waals surface area contributed by atoms with E-state index in [0.29, 0.717) is 25.8 Å². The second kappa shape index (κ2) is 13.9. The normalized spacial score (nSPS) is 19.0. The Balaban J connectivity index is 0.00000324. The summed E-state index contributed by atoms with van der Waals surface area (Å²) in [5.74, 6) is 0.479. The minimum absolute atomic E-state index is 0. The van der Waals surface area contributed by atoms with Gasteiger partial charge in [0.1, 0.15) is 18.5 Å². The molecule has 1 saturated carbocycles. The molecule has 1 aromatic heterocycles. The molecule has 1 saturated heterocycles. The highest BCUT2D eigenvalue weighted by Crippen LogP contribution is 2.37. The Morgan fingerprint density at radius 3 is 2.32 bits per heavy atom. The van der Waals surface area contributed by atoms with Crippen molar-refractivity contribution in [1.82, 2.24) is 9.97 Å². The highest BCUT2D eigenvalue weighted by atomic mass is 32.1. The van der Waals surface area contributed by atoms with E-state index in [4.69, 9.17) is 18.9 Å². The Labute approximate surface area is 211 Å². The van der Waals surface area contributed by atoms with Crippen LogP contribution in [0.2, 0.25) is 0 Å². The van der Waals surface area contributed by atoms with E-state index in [1.54, 1.807) is 0 Å². The number of hydrogen-bond donors (Lipinski definition) is 0. The van der Waals surface area contributed by atoms with Crippen LogP contribution in [0.25, 0.3) is 11.1 Å². The zero-order valence-corrected chi connectivity index (χ0v) is 21.5. The number of nitrogens with zero attached hydrogens (tertiary/aromatic N) is 2. The van der Waals surface area contributed by atoms with Crippen molar-refractivity contribution in [1.29, 1.82) is 0 Å². The quantitative estimate of drug-likeness (QED) is 0.320. The summed E-state index contributed by atoms with van der Waals surface area (Å²) in [5.41, 5.74) is 2.01. The van der Waals surface area contributed by atoms with Crippen molar-refractivity contribution in [2.45, 2.75) is 89.4 Å². The number of aromatic nitrogens is 2. The molecule has 4 rings (SSSR count). The largest absolute Gasteiger partial charge is 0.491 e. The maximum atomic E-state index is 6.20. The van der Waals surface area contributed by atoms with Gasteiger partial charge in [0.15, 0.2) is 5.79 Å². The molecular weight excluding hydrogens is 448 g/mol. The first-order valence-corrected chi connectivity index (χ1v) is 12.8. The third kappa shape index (κ3) is 7.85. The van der Waals surface area contributed by atoms with Gasteiger partial charge in [-0.15, -0.1) is 0 Å². The summed E-state index contributed by atoms with van der Waals surface area (Å²) >= 11 is 0. The van der Waals surface area contributed by atoms with Crippen LogP contribution in [0, 0.1) is 0 Å². The lowest BCUT2D eigenvalue weighted by Gasteiger charge is -2.31. The molecular formula is C27H40N2O4S. The number of rotatable bonds is 12. The lowest BCUT2D eigenvalue weighted by molar-refractivity contribution is -0.189. The van der Waals surface area contributed by atoms with E-state index >= 15 is 0 Å². The van der Waals surface area contributed by atoms with Crippen molar-refractivity contribution in [2.24, 2.45) is 0 Å². The van der Waals surface area contributed by atoms with Crippen LogP contribution in [0.3, 0.4) is 0 Å². The highest BCUT2D eigenvalue weighted by Gasteiger charge is 2.42. The molecule has 2 aromatic rings. The first-order chi connectivity index (χ1) is 16.3. The first-order valence-electron chi connectivity index (χ1n) is 12.8. The average molecular weight is 489 g/mol. The molecule has 6 nitrogen and oxygen atoms in total. The number of hydrogen-bond acceptors (Lipinski definition) is 6. The Morgan fingerprint density at radius 1 is 0.882 bits per heavy atom. The van der Waals surface area contributed by atoms with Gasteiger partial charge in [-0.2, -0.15) is 13.5 Å². The second-order valence-electron chi connectivity index (χ2n) is 9.23. The zero-order valence-electron chi connectivity index (χ0n) is 20.5. The van der Waals surface area contributed by atoms with E-state index in [2.05, 4.69) is 16.9 Å². The Hall–Kier alpha value is -1.83. The van der Waals surface area contributed by atoms with Gasteiger partial charge in [-0.3, -0.25) is 0 Å². The van der Waals surface area contributed by atoms with Crippen molar-refractivity contribution in [3.63, 3.8) is 0 Å². The summed E-state index contributed by atoms with van der Waals surface area (Å²) in [5, 5.41) is 0. The van der Waals surface area contributed by atoms with Gasteiger partial charge < -0.3 is 18.9 Å². The molecule has 34 heavy (non-hydrogen) atoms. The van der Waals surface area contributed by atoms with Crippen LogP contribution in [-0.2, 0) is 9.47 Å². The SMILES string of the molecule is CCCCCCCCOc1ncc(-c2ccc(OCC3COC4(CCCCC4)O3)cc2)cn1.S. The maximum absolute atomic E-state index is 6.20. The summed E-state index contributed by atoms with van der Waals surface area (Å²) in [7, 11) is 0. The monoisotopic (exact) mass is 488 g/mol. The van der Waals surface area contributed by atoms with Crippen LogP contribution in [0.5, 0.6) is 11.8 Å². The summed E-state index contributed by atoms with van der Waals surface area (Å²) in [6.07, 6.45) is 16.7.